The van der Waals surface area contributed by atoms with Crippen LogP contribution in [-0.4, -0.2) is 42.9 Å². The summed E-state index contributed by atoms with van der Waals surface area (Å²) in [5, 5.41) is 15.0. The highest BCUT2D eigenvalue weighted by Gasteiger charge is 2.27. The van der Waals surface area contributed by atoms with E-state index in [0.717, 1.165) is 22.6 Å². The van der Waals surface area contributed by atoms with Crippen LogP contribution in [0.5, 0.6) is 0 Å². The number of rotatable bonds is 5. The highest BCUT2D eigenvalue weighted by atomic mass is 35.5. The molecule has 152 valence electrons. The van der Waals surface area contributed by atoms with Crippen molar-refractivity contribution < 1.29 is 4.39 Å². The molecule has 10 heteroatoms. The molecule has 8 nitrogen and oxygen atoms in total. The largest absolute Gasteiger partial charge is 0.362 e. The average Bonchev–Trinajstić information content (AvgIpc) is 3.13. The van der Waals surface area contributed by atoms with Gasteiger partial charge in [0.15, 0.2) is 0 Å². The van der Waals surface area contributed by atoms with Gasteiger partial charge in [-0.2, -0.15) is 5.10 Å². The van der Waals surface area contributed by atoms with E-state index in [0.29, 0.717) is 25.2 Å². The van der Waals surface area contributed by atoms with Crippen molar-refractivity contribution in [2.75, 3.05) is 11.4 Å². The number of fused-ring (bicyclic) bond motifs is 1. The number of anilines is 1. The molecule has 1 aliphatic rings. The van der Waals surface area contributed by atoms with Crippen LogP contribution in [0.15, 0.2) is 29.3 Å². The summed E-state index contributed by atoms with van der Waals surface area (Å²) < 4.78 is 15.5. The van der Waals surface area contributed by atoms with Crippen molar-refractivity contribution in [3.63, 3.8) is 0 Å². The molecule has 0 aromatic carbocycles. The molecular weight excluding hydrogens is 397 g/mol. The summed E-state index contributed by atoms with van der Waals surface area (Å²) in [6, 6.07) is 3.69. The zero-order valence-corrected chi connectivity index (χ0v) is 16.9. The Morgan fingerprint density at radius 3 is 3.00 bits per heavy atom. The van der Waals surface area contributed by atoms with Crippen LogP contribution in [0.4, 0.5) is 10.1 Å². The number of nitrogens with zero attached hydrogens (tertiary/aromatic N) is 6. The molecule has 1 aliphatic heterocycles. The lowest BCUT2D eigenvalue weighted by atomic mass is 10.0. The number of alkyl halides is 1. The zero-order chi connectivity index (χ0) is 20.5. The maximum Gasteiger partial charge on any atom is 0.285 e. The van der Waals surface area contributed by atoms with Gasteiger partial charge in [-0.1, -0.05) is 22.9 Å². The summed E-state index contributed by atoms with van der Waals surface area (Å²) in [6.07, 6.45) is 3.20. The third-order valence-corrected chi connectivity index (χ3v) is 5.53. The first-order valence-corrected chi connectivity index (χ1v) is 9.82. The monoisotopic (exact) mass is 417 g/mol. The van der Waals surface area contributed by atoms with Crippen LogP contribution in [0.2, 0.25) is 5.02 Å². The first kappa shape index (κ1) is 19.5. The Morgan fingerprint density at radius 1 is 1.38 bits per heavy atom. The number of halogens is 2. The standard InChI is InChI=1S/C19H21ClFN7O/c1-11(21)8-14-13(4-3-6-22-14)12(2)28-16-5-7-27(10-15(16)24-26-28)17-9-23-25-19(29)18(17)20/h3-4,6,9,11-12H,5,7-8,10H2,1-2H3,(H,25,29)/t11?,12-/m0/s1. The maximum atomic E-state index is 13.6. The van der Waals surface area contributed by atoms with E-state index < -0.39 is 11.7 Å². The van der Waals surface area contributed by atoms with Gasteiger partial charge in [-0.05, 0) is 25.5 Å². The van der Waals surface area contributed by atoms with E-state index in [9.17, 15) is 9.18 Å². The van der Waals surface area contributed by atoms with Crippen LogP contribution in [-0.2, 0) is 19.4 Å². The van der Waals surface area contributed by atoms with E-state index in [1.165, 1.54) is 6.92 Å². The molecule has 1 unspecified atom stereocenters. The van der Waals surface area contributed by atoms with Crippen molar-refractivity contribution >= 4 is 17.3 Å². The molecule has 0 aliphatic carbocycles. The number of hydrogen-bond acceptors (Lipinski definition) is 6. The summed E-state index contributed by atoms with van der Waals surface area (Å²) in [5.74, 6) is 0. The van der Waals surface area contributed by atoms with Gasteiger partial charge in [-0.3, -0.25) is 9.78 Å². The van der Waals surface area contributed by atoms with Crippen molar-refractivity contribution in [3.05, 3.63) is 62.5 Å². The highest BCUT2D eigenvalue weighted by Crippen LogP contribution is 2.29. The van der Waals surface area contributed by atoms with Gasteiger partial charge in [0.1, 0.15) is 16.9 Å². The first-order chi connectivity index (χ1) is 14.0. The second kappa shape index (κ2) is 7.90. The lowest BCUT2D eigenvalue weighted by Crippen LogP contribution is -2.33. The topological polar surface area (TPSA) is 92.6 Å². The number of hydrogen-bond donors (Lipinski definition) is 1. The Labute approximate surface area is 171 Å². The summed E-state index contributed by atoms with van der Waals surface area (Å²) in [7, 11) is 0. The predicted molar refractivity (Wildman–Crippen MR) is 107 cm³/mol. The lowest BCUT2D eigenvalue weighted by molar-refractivity contribution is 0.355. The van der Waals surface area contributed by atoms with E-state index in [2.05, 4.69) is 25.5 Å². The summed E-state index contributed by atoms with van der Waals surface area (Å²) >= 11 is 6.14. The van der Waals surface area contributed by atoms with Gasteiger partial charge in [-0.25, -0.2) is 14.2 Å². The number of H-pyrrole nitrogens is 1. The third kappa shape index (κ3) is 3.74. The van der Waals surface area contributed by atoms with Crippen LogP contribution < -0.4 is 10.5 Å². The Bertz CT molecular complexity index is 1080. The molecule has 3 aromatic heterocycles. The molecule has 29 heavy (non-hydrogen) atoms. The molecule has 3 aromatic rings. The van der Waals surface area contributed by atoms with E-state index in [1.54, 1.807) is 12.4 Å². The summed E-state index contributed by atoms with van der Waals surface area (Å²) in [4.78, 5) is 18.1. The van der Waals surface area contributed by atoms with E-state index in [1.807, 2.05) is 28.6 Å². The minimum atomic E-state index is -0.971. The van der Waals surface area contributed by atoms with Crippen LogP contribution in [0.3, 0.4) is 0 Å². The SMILES string of the molecule is CC(F)Cc1ncccc1[C@H](C)n1nnc2c1CCN(c1cn[nH]c(=O)c1Cl)C2. The molecule has 4 rings (SSSR count). The molecule has 2 atom stereocenters. The normalized spacial score (nSPS) is 15.8. The van der Waals surface area contributed by atoms with Gasteiger partial charge in [0.05, 0.1) is 30.2 Å². The van der Waals surface area contributed by atoms with Crippen molar-refractivity contribution in [1.82, 2.24) is 30.2 Å². The van der Waals surface area contributed by atoms with Crippen molar-refractivity contribution in [1.29, 1.82) is 0 Å². The van der Waals surface area contributed by atoms with E-state index in [4.69, 9.17) is 11.6 Å². The fourth-order valence-electron chi connectivity index (χ4n) is 3.74. The van der Waals surface area contributed by atoms with Crippen LogP contribution in [0.25, 0.3) is 0 Å². The fourth-order valence-corrected chi connectivity index (χ4v) is 3.95. The molecule has 0 amide bonds. The summed E-state index contributed by atoms with van der Waals surface area (Å²) in [6.45, 7) is 4.68. The Balaban J connectivity index is 1.62. The van der Waals surface area contributed by atoms with Crippen LogP contribution >= 0.6 is 11.6 Å². The van der Waals surface area contributed by atoms with Gasteiger partial charge >= 0.3 is 0 Å². The zero-order valence-electron chi connectivity index (χ0n) is 16.1. The predicted octanol–water partition coefficient (Wildman–Crippen LogP) is 2.48. The van der Waals surface area contributed by atoms with Gasteiger partial charge in [0.2, 0.25) is 0 Å². The molecule has 0 fully saturated rings. The number of nitrogens with one attached hydrogen (secondary N) is 1. The van der Waals surface area contributed by atoms with E-state index in [-0.39, 0.29) is 17.5 Å². The lowest BCUT2D eigenvalue weighted by Gasteiger charge is -2.29. The number of aromatic nitrogens is 6. The average molecular weight is 418 g/mol. The highest BCUT2D eigenvalue weighted by molar-refractivity contribution is 6.32. The van der Waals surface area contributed by atoms with Crippen LogP contribution in [0.1, 0.15) is 42.5 Å². The van der Waals surface area contributed by atoms with Gasteiger partial charge in [-0.15, -0.1) is 5.10 Å². The van der Waals surface area contributed by atoms with Crippen molar-refractivity contribution in [3.8, 4) is 0 Å². The molecule has 0 bridgehead atoms. The molecule has 0 saturated heterocycles. The number of aromatic amines is 1. The minimum absolute atomic E-state index is 0.115. The molecule has 0 saturated carbocycles. The Hall–Kier alpha value is -2.81. The second-order valence-electron chi connectivity index (χ2n) is 7.20. The second-order valence-corrected chi connectivity index (χ2v) is 7.58. The quantitative estimate of drug-likeness (QED) is 0.685. The fraction of sp³-hybridized carbons (Fsp3) is 0.421. The molecule has 1 N–H and O–H groups in total. The number of pyridine rings is 1. The van der Waals surface area contributed by atoms with Crippen molar-refractivity contribution in [2.45, 2.75) is 45.4 Å². The minimum Gasteiger partial charge on any atom is -0.362 e. The van der Waals surface area contributed by atoms with Crippen molar-refractivity contribution in [2.24, 2.45) is 0 Å². The van der Waals surface area contributed by atoms with E-state index >= 15 is 0 Å². The van der Waals surface area contributed by atoms with Crippen LogP contribution in [0, 0.1) is 0 Å². The third-order valence-electron chi connectivity index (χ3n) is 5.17. The van der Waals surface area contributed by atoms with Gasteiger partial charge in [0, 0.05) is 31.3 Å². The first-order valence-electron chi connectivity index (χ1n) is 9.44. The maximum absolute atomic E-state index is 13.6. The van der Waals surface area contributed by atoms with Gasteiger partial charge < -0.3 is 4.90 Å². The smallest absolute Gasteiger partial charge is 0.285 e. The Morgan fingerprint density at radius 2 is 2.21 bits per heavy atom. The summed E-state index contributed by atoms with van der Waals surface area (Å²) in [5.41, 5.74) is 3.68. The van der Waals surface area contributed by atoms with Gasteiger partial charge in [0.25, 0.3) is 5.56 Å². The molecule has 0 radical (unpaired) electrons. The molecular formula is C19H21ClFN7O. The molecule has 0 spiro atoms. The Kier molecular flexibility index (Phi) is 5.31. The molecule has 4 heterocycles.